The maximum absolute atomic E-state index is 12.2. The lowest BCUT2D eigenvalue weighted by atomic mass is 10.2. The lowest BCUT2D eigenvalue weighted by Crippen LogP contribution is -2.14. The van der Waals surface area contributed by atoms with Gasteiger partial charge in [0.1, 0.15) is 5.75 Å². The van der Waals surface area contributed by atoms with Crippen molar-refractivity contribution in [1.82, 2.24) is 9.97 Å². The van der Waals surface area contributed by atoms with Crippen molar-refractivity contribution in [1.29, 1.82) is 5.26 Å². The van der Waals surface area contributed by atoms with Gasteiger partial charge in [0, 0.05) is 17.3 Å². The van der Waals surface area contributed by atoms with Crippen LogP contribution >= 0.6 is 0 Å². The van der Waals surface area contributed by atoms with Crippen LogP contribution in [0.3, 0.4) is 0 Å². The van der Waals surface area contributed by atoms with Crippen molar-refractivity contribution in [2.24, 2.45) is 0 Å². The number of nitriles is 1. The highest BCUT2D eigenvalue weighted by Crippen LogP contribution is 2.21. The molecule has 0 bridgehead atoms. The van der Waals surface area contributed by atoms with Crippen LogP contribution in [-0.2, 0) is 0 Å². The van der Waals surface area contributed by atoms with E-state index in [2.05, 4.69) is 15.3 Å². The molecule has 0 unspecified atom stereocenters. The highest BCUT2D eigenvalue weighted by atomic mass is 16.5. The lowest BCUT2D eigenvalue weighted by molar-refractivity contribution is 0.102. The zero-order chi connectivity index (χ0) is 17.6. The van der Waals surface area contributed by atoms with E-state index in [0.29, 0.717) is 28.5 Å². The van der Waals surface area contributed by atoms with Crippen molar-refractivity contribution in [3.63, 3.8) is 0 Å². The fraction of sp³-hybridized carbons (Fsp3) is 0.0526. The molecule has 0 spiro atoms. The highest BCUT2D eigenvalue weighted by Gasteiger charge is 2.10. The third-order valence-corrected chi connectivity index (χ3v) is 3.30. The highest BCUT2D eigenvalue weighted by molar-refractivity contribution is 6.03. The summed E-state index contributed by atoms with van der Waals surface area (Å²) in [4.78, 5) is 20.6. The van der Waals surface area contributed by atoms with Gasteiger partial charge in [0.15, 0.2) is 0 Å². The summed E-state index contributed by atoms with van der Waals surface area (Å²) in [5.74, 6) is 0.714. The number of amides is 1. The van der Waals surface area contributed by atoms with Crippen LogP contribution in [0.5, 0.6) is 11.6 Å². The lowest BCUT2D eigenvalue weighted by Gasteiger charge is -2.08. The van der Waals surface area contributed by atoms with E-state index in [1.807, 2.05) is 12.1 Å². The Morgan fingerprint density at radius 2 is 1.80 bits per heavy atom. The van der Waals surface area contributed by atoms with Gasteiger partial charge in [0.2, 0.25) is 11.8 Å². The molecule has 0 fully saturated rings. The molecule has 1 amide bonds. The van der Waals surface area contributed by atoms with E-state index in [1.54, 1.807) is 61.5 Å². The fourth-order valence-corrected chi connectivity index (χ4v) is 2.13. The number of anilines is 1. The van der Waals surface area contributed by atoms with Crippen LogP contribution in [0.25, 0.3) is 0 Å². The topological polar surface area (TPSA) is 87.9 Å². The molecule has 1 heterocycles. The minimum absolute atomic E-state index is 0.164. The molecular formula is C19H14N4O2. The number of hydrogen-bond donors (Lipinski definition) is 1. The number of carbonyl (C=O) groups excluding carboxylic acids is 1. The van der Waals surface area contributed by atoms with Gasteiger partial charge in [-0.25, -0.2) is 4.98 Å². The van der Waals surface area contributed by atoms with Crippen LogP contribution < -0.4 is 10.1 Å². The largest absolute Gasteiger partial charge is 0.439 e. The number of nitrogens with zero attached hydrogens (tertiary/aromatic N) is 3. The van der Waals surface area contributed by atoms with E-state index in [1.165, 1.54) is 0 Å². The molecule has 3 aromatic rings. The SMILES string of the molecule is Cc1cc(Oc2ccc(C#N)cc2)nc(NC(=O)c2ccccc2)n1. The summed E-state index contributed by atoms with van der Waals surface area (Å²) in [7, 11) is 0. The van der Waals surface area contributed by atoms with Gasteiger partial charge in [-0.2, -0.15) is 10.2 Å². The first-order valence-electron chi connectivity index (χ1n) is 7.54. The van der Waals surface area contributed by atoms with Crippen LogP contribution in [0.1, 0.15) is 21.6 Å². The molecule has 0 aliphatic carbocycles. The van der Waals surface area contributed by atoms with Crippen LogP contribution in [0.15, 0.2) is 60.7 Å². The second-order valence-electron chi connectivity index (χ2n) is 5.23. The number of nitrogens with one attached hydrogen (secondary N) is 1. The zero-order valence-electron chi connectivity index (χ0n) is 13.4. The molecule has 1 N–H and O–H groups in total. The Labute approximate surface area is 144 Å². The van der Waals surface area contributed by atoms with Crippen molar-refractivity contribution in [3.8, 4) is 17.7 Å². The number of rotatable bonds is 4. The Bertz CT molecular complexity index is 932. The van der Waals surface area contributed by atoms with E-state index in [4.69, 9.17) is 10.00 Å². The first-order chi connectivity index (χ1) is 12.1. The molecule has 0 aliphatic heterocycles. The van der Waals surface area contributed by atoms with Crippen LogP contribution in [-0.4, -0.2) is 15.9 Å². The first kappa shape index (κ1) is 16.1. The van der Waals surface area contributed by atoms with Gasteiger partial charge in [-0.05, 0) is 43.3 Å². The fourth-order valence-electron chi connectivity index (χ4n) is 2.13. The third-order valence-electron chi connectivity index (χ3n) is 3.30. The molecule has 0 atom stereocenters. The Balaban J connectivity index is 1.78. The average Bonchev–Trinajstić information content (AvgIpc) is 2.62. The van der Waals surface area contributed by atoms with Crippen LogP contribution in [0.4, 0.5) is 5.95 Å². The van der Waals surface area contributed by atoms with Gasteiger partial charge in [-0.1, -0.05) is 18.2 Å². The third kappa shape index (κ3) is 4.18. The maximum Gasteiger partial charge on any atom is 0.258 e. The summed E-state index contributed by atoms with van der Waals surface area (Å²) in [5, 5.41) is 11.5. The number of aromatic nitrogens is 2. The molecule has 122 valence electrons. The summed E-state index contributed by atoms with van der Waals surface area (Å²) in [6, 6.07) is 19.2. The van der Waals surface area contributed by atoms with Crippen molar-refractivity contribution >= 4 is 11.9 Å². The number of benzene rings is 2. The number of carbonyl (C=O) groups is 1. The van der Waals surface area contributed by atoms with E-state index in [9.17, 15) is 4.79 Å². The van der Waals surface area contributed by atoms with Gasteiger partial charge in [0.25, 0.3) is 5.91 Å². The molecule has 6 nitrogen and oxygen atoms in total. The summed E-state index contributed by atoms with van der Waals surface area (Å²) < 4.78 is 5.67. The van der Waals surface area contributed by atoms with Crippen molar-refractivity contribution < 1.29 is 9.53 Å². The summed E-state index contributed by atoms with van der Waals surface area (Å²) >= 11 is 0. The maximum atomic E-state index is 12.2. The van der Waals surface area contributed by atoms with Crippen molar-refractivity contribution in [2.45, 2.75) is 6.92 Å². The molecule has 3 rings (SSSR count). The van der Waals surface area contributed by atoms with Crippen molar-refractivity contribution in [2.75, 3.05) is 5.32 Å². The number of aryl methyl sites for hydroxylation is 1. The molecule has 6 heteroatoms. The van der Waals surface area contributed by atoms with E-state index in [0.717, 1.165) is 0 Å². The molecule has 0 radical (unpaired) electrons. The molecule has 0 saturated heterocycles. The number of hydrogen-bond acceptors (Lipinski definition) is 5. The monoisotopic (exact) mass is 330 g/mol. The van der Waals surface area contributed by atoms with Crippen LogP contribution in [0.2, 0.25) is 0 Å². The smallest absolute Gasteiger partial charge is 0.258 e. The van der Waals surface area contributed by atoms with Gasteiger partial charge in [-0.3, -0.25) is 10.1 Å². The molecule has 0 saturated carbocycles. The van der Waals surface area contributed by atoms with Gasteiger partial charge >= 0.3 is 0 Å². The second kappa shape index (κ2) is 7.23. The quantitative estimate of drug-likeness (QED) is 0.788. The normalized spacial score (nSPS) is 9.92. The van der Waals surface area contributed by atoms with E-state index in [-0.39, 0.29) is 11.9 Å². The Hall–Kier alpha value is -3.72. The van der Waals surface area contributed by atoms with E-state index >= 15 is 0 Å². The van der Waals surface area contributed by atoms with Crippen molar-refractivity contribution in [3.05, 3.63) is 77.5 Å². The van der Waals surface area contributed by atoms with Gasteiger partial charge in [-0.15, -0.1) is 0 Å². The molecule has 1 aromatic heterocycles. The predicted molar refractivity (Wildman–Crippen MR) is 92.4 cm³/mol. The Morgan fingerprint density at radius 1 is 1.08 bits per heavy atom. The predicted octanol–water partition coefficient (Wildman–Crippen LogP) is 3.70. The summed E-state index contributed by atoms with van der Waals surface area (Å²) in [6.45, 7) is 1.78. The summed E-state index contributed by atoms with van der Waals surface area (Å²) in [6.07, 6.45) is 0. The molecular weight excluding hydrogens is 316 g/mol. The summed E-state index contributed by atoms with van der Waals surface area (Å²) in [5.41, 5.74) is 1.71. The Kier molecular flexibility index (Phi) is 4.67. The molecule has 25 heavy (non-hydrogen) atoms. The first-order valence-corrected chi connectivity index (χ1v) is 7.54. The standard InChI is InChI=1S/C19H14N4O2/c1-13-11-17(25-16-9-7-14(12-20)8-10-16)22-19(21-13)23-18(24)15-5-3-2-4-6-15/h2-11H,1H3,(H,21,22,23,24). The van der Waals surface area contributed by atoms with Crippen LogP contribution in [0, 0.1) is 18.3 Å². The van der Waals surface area contributed by atoms with Gasteiger partial charge < -0.3 is 4.74 Å². The van der Waals surface area contributed by atoms with Gasteiger partial charge in [0.05, 0.1) is 11.6 Å². The molecule has 0 aliphatic rings. The zero-order valence-corrected chi connectivity index (χ0v) is 13.4. The number of ether oxygens (including phenoxy) is 1. The molecule has 2 aromatic carbocycles. The van der Waals surface area contributed by atoms with E-state index < -0.39 is 0 Å². The second-order valence-corrected chi connectivity index (χ2v) is 5.23. The Morgan fingerprint density at radius 3 is 2.48 bits per heavy atom. The average molecular weight is 330 g/mol. The minimum Gasteiger partial charge on any atom is -0.439 e. The minimum atomic E-state index is -0.296.